The Kier molecular flexibility index (Phi) is 5.04. The molecule has 96 valence electrons. The van der Waals surface area contributed by atoms with Gasteiger partial charge in [0, 0.05) is 6.42 Å². The Morgan fingerprint density at radius 2 is 2.35 bits per heavy atom. The van der Waals surface area contributed by atoms with Crippen LogP contribution in [0.15, 0.2) is 6.33 Å². The minimum absolute atomic E-state index is 0.0561. The van der Waals surface area contributed by atoms with E-state index in [4.69, 9.17) is 0 Å². The number of aromatic amines is 1. The number of aromatic nitrogens is 3. The second kappa shape index (κ2) is 6.30. The summed E-state index contributed by atoms with van der Waals surface area (Å²) in [6.07, 6.45) is 1.60. The smallest absolute Gasteiger partial charge is 0.305 e. The topological polar surface area (TPSA) is 114 Å². The molecule has 0 atom stereocenters. The molecule has 17 heavy (non-hydrogen) atoms. The Hall–Kier alpha value is -1.48. The highest BCUT2D eigenvalue weighted by Gasteiger charge is 2.12. The van der Waals surface area contributed by atoms with E-state index in [0.29, 0.717) is 5.82 Å². The van der Waals surface area contributed by atoms with Gasteiger partial charge in [0.25, 0.3) is 0 Å². The van der Waals surface area contributed by atoms with Crippen molar-refractivity contribution >= 4 is 16.0 Å². The predicted molar refractivity (Wildman–Crippen MR) is 58.3 cm³/mol. The zero-order valence-corrected chi connectivity index (χ0v) is 10.2. The fraction of sp³-hybridized carbons (Fsp3) is 0.625. The van der Waals surface area contributed by atoms with Crippen molar-refractivity contribution in [3.8, 4) is 0 Å². The van der Waals surface area contributed by atoms with Crippen molar-refractivity contribution in [3.63, 3.8) is 0 Å². The maximum Gasteiger partial charge on any atom is 0.305 e. The zero-order chi connectivity index (χ0) is 12.7. The van der Waals surface area contributed by atoms with Crippen LogP contribution in [0.4, 0.5) is 0 Å². The number of hydrogen-bond donors (Lipinski definition) is 2. The van der Waals surface area contributed by atoms with Crippen LogP contribution < -0.4 is 4.72 Å². The summed E-state index contributed by atoms with van der Waals surface area (Å²) in [7, 11) is -2.14. The van der Waals surface area contributed by atoms with E-state index in [9.17, 15) is 13.2 Å². The molecule has 2 N–H and O–H groups in total. The Morgan fingerprint density at radius 3 is 2.94 bits per heavy atom. The summed E-state index contributed by atoms with van der Waals surface area (Å²) in [6.45, 7) is 0.0561. The Morgan fingerprint density at radius 1 is 1.59 bits per heavy atom. The minimum Gasteiger partial charge on any atom is -0.469 e. The van der Waals surface area contributed by atoms with Crippen LogP contribution in [-0.2, 0) is 26.1 Å². The molecule has 1 aromatic rings. The number of ether oxygens (including phenoxy) is 1. The molecule has 0 aliphatic heterocycles. The van der Waals surface area contributed by atoms with Crippen LogP contribution in [0.1, 0.15) is 18.7 Å². The van der Waals surface area contributed by atoms with Gasteiger partial charge in [-0.15, -0.1) is 0 Å². The number of hydrogen-bond acceptors (Lipinski definition) is 6. The van der Waals surface area contributed by atoms with Gasteiger partial charge < -0.3 is 4.74 Å². The number of nitrogens with one attached hydrogen (secondary N) is 2. The standard InChI is InChI=1S/C8H14N4O4S/c1-16-8(13)3-2-4-17(14,15)11-5-7-9-6-10-12-7/h6,11H,2-5H2,1H3,(H,9,10,12). The summed E-state index contributed by atoms with van der Waals surface area (Å²) in [5.74, 6) is -0.118. The van der Waals surface area contributed by atoms with E-state index in [1.54, 1.807) is 0 Å². The van der Waals surface area contributed by atoms with Crippen molar-refractivity contribution in [2.24, 2.45) is 0 Å². The van der Waals surface area contributed by atoms with Gasteiger partial charge in [-0.2, -0.15) is 5.10 Å². The average molecular weight is 262 g/mol. The monoisotopic (exact) mass is 262 g/mol. The number of rotatable bonds is 7. The zero-order valence-electron chi connectivity index (χ0n) is 9.34. The van der Waals surface area contributed by atoms with Gasteiger partial charge in [-0.3, -0.25) is 9.89 Å². The molecule has 1 heterocycles. The van der Waals surface area contributed by atoms with Gasteiger partial charge in [0.15, 0.2) is 0 Å². The summed E-state index contributed by atoms with van der Waals surface area (Å²) < 4.78 is 29.7. The molecule has 9 heteroatoms. The Bertz CT molecular complexity index is 442. The second-order valence-electron chi connectivity index (χ2n) is 3.25. The van der Waals surface area contributed by atoms with Crippen molar-refractivity contribution in [1.29, 1.82) is 0 Å². The number of esters is 1. The molecule has 0 bridgehead atoms. The summed E-state index contributed by atoms with van der Waals surface area (Å²) in [4.78, 5) is 14.6. The first kappa shape index (κ1) is 13.6. The van der Waals surface area contributed by atoms with E-state index in [1.807, 2.05) is 0 Å². The molecule has 1 rings (SSSR count). The van der Waals surface area contributed by atoms with Crippen LogP contribution in [-0.4, -0.2) is 42.4 Å². The SMILES string of the molecule is COC(=O)CCCS(=O)(=O)NCc1ncn[nH]1. The molecule has 1 aromatic heterocycles. The van der Waals surface area contributed by atoms with Gasteiger partial charge in [0.2, 0.25) is 10.0 Å². The normalized spacial score (nSPS) is 11.4. The van der Waals surface area contributed by atoms with E-state index < -0.39 is 16.0 Å². The van der Waals surface area contributed by atoms with E-state index in [-0.39, 0.29) is 25.1 Å². The van der Waals surface area contributed by atoms with Gasteiger partial charge in [-0.1, -0.05) is 0 Å². The van der Waals surface area contributed by atoms with E-state index in [1.165, 1.54) is 13.4 Å². The molecule has 0 aromatic carbocycles. The molecule has 0 radical (unpaired) electrons. The summed E-state index contributed by atoms with van der Waals surface area (Å²) in [6, 6.07) is 0. The summed E-state index contributed by atoms with van der Waals surface area (Å²) >= 11 is 0. The quantitative estimate of drug-likeness (QED) is 0.620. The molecule has 0 spiro atoms. The number of nitrogens with zero attached hydrogens (tertiary/aromatic N) is 2. The molecule has 0 unspecified atom stereocenters. The Balaban J connectivity index is 2.29. The average Bonchev–Trinajstić information content (AvgIpc) is 2.79. The van der Waals surface area contributed by atoms with Crippen LogP contribution in [0, 0.1) is 0 Å². The fourth-order valence-electron chi connectivity index (χ4n) is 1.08. The Labute approximate surface area is 98.8 Å². The van der Waals surface area contributed by atoms with E-state index in [0.717, 1.165) is 0 Å². The van der Waals surface area contributed by atoms with Crippen LogP contribution in [0.3, 0.4) is 0 Å². The van der Waals surface area contributed by atoms with Gasteiger partial charge in [0.1, 0.15) is 12.2 Å². The maximum atomic E-state index is 11.5. The largest absolute Gasteiger partial charge is 0.469 e. The molecule has 0 amide bonds. The second-order valence-corrected chi connectivity index (χ2v) is 5.18. The van der Waals surface area contributed by atoms with Gasteiger partial charge in [-0.05, 0) is 6.42 Å². The van der Waals surface area contributed by atoms with Crippen molar-refractivity contribution in [2.45, 2.75) is 19.4 Å². The van der Waals surface area contributed by atoms with Gasteiger partial charge in [-0.25, -0.2) is 18.1 Å². The molecule has 0 aliphatic rings. The molecule has 0 saturated carbocycles. The van der Waals surface area contributed by atoms with Gasteiger partial charge in [0.05, 0.1) is 19.4 Å². The molecular formula is C8H14N4O4S. The number of carbonyl (C=O) groups is 1. The molecule has 0 saturated heterocycles. The maximum absolute atomic E-state index is 11.5. The third-order valence-corrected chi connectivity index (χ3v) is 3.36. The summed E-state index contributed by atoms with van der Waals surface area (Å²) in [5, 5.41) is 6.12. The van der Waals surface area contributed by atoms with Crippen LogP contribution in [0.25, 0.3) is 0 Å². The number of sulfonamides is 1. The number of carbonyl (C=O) groups excluding carboxylic acids is 1. The lowest BCUT2D eigenvalue weighted by Crippen LogP contribution is -2.26. The third kappa shape index (κ3) is 5.41. The number of H-pyrrole nitrogens is 1. The first-order valence-corrected chi connectivity index (χ1v) is 6.57. The lowest BCUT2D eigenvalue weighted by atomic mass is 10.3. The third-order valence-electron chi connectivity index (χ3n) is 1.95. The molecule has 8 nitrogen and oxygen atoms in total. The van der Waals surface area contributed by atoms with Crippen molar-refractivity contribution in [3.05, 3.63) is 12.2 Å². The van der Waals surface area contributed by atoms with E-state index >= 15 is 0 Å². The highest BCUT2D eigenvalue weighted by Crippen LogP contribution is 1.97. The first-order valence-electron chi connectivity index (χ1n) is 4.92. The van der Waals surface area contributed by atoms with Crippen molar-refractivity contribution in [1.82, 2.24) is 19.9 Å². The molecular weight excluding hydrogens is 248 g/mol. The lowest BCUT2D eigenvalue weighted by Gasteiger charge is -2.04. The molecule has 0 aliphatic carbocycles. The lowest BCUT2D eigenvalue weighted by molar-refractivity contribution is -0.140. The summed E-state index contributed by atoms with van der Waals surface area (Å²) in [5.41, 5.74) is 0. The van der Waals surface area contributed by atoms with E-state index in [2.05, 4.69) is 24.6 Å². The van der Waals surface area contributed by atoms with Crippen molar-refractivity contribution in [2.75, 3.05) is 12.9 Å². The first-order chi connectivity index (χ1) is 8.03. The fourth-order valence-corrected chi connectivity index (χ4v) is 2.10. The van der Waals surface area contributed by atoms with Crippen LogP contribution in [0.5, 0.6) is 0 Å². The number of methoxy groups -OCH3 is 1. The van der Waals surface area contributed by atoms with Crippen LogP contribution in [0.2, 0.25) is 0 Å². The minimum atomic E-state index is -3.41. The highest BCUT2D eigenvalue weighted by molar-refractivity contribution is 7.89. The predicted octanol–water partition coefficient (Wildman–Crippen LogP) is -0.823. The van der Waals surface area contributed by atoms with Crippen molar-refractivity contribution < 1.29 is 17.9 Å². The van der Waals surface area contributed by atoms with Crippen LogP contribution >= 0.6 is 0 Å². The highest BCUT2D eigenvalue weighted by atomic mass is 32.2. The molecule has 0 fully saturated rings. The van der Waals surface area contributed by atoms with Gasteiger partial charge >= 0.3 is 5.97 Å².